The number of amides is 1. The van der Waals surface area contributed by atoms with E-state index >= 15 is 0 Å². The Morgan fingerprint density at radius 1 is 0.722 bits per heavy atom. The molecule has 4 aromatic rings. The number of aryl methyl sites for hydroxylation is 1. The Hall–Kier alpha value is -3.99. The number of ether oxygens (including phenoxy) is 1. The van der Waals surface area contributed by atoms with Crippen molar-refractivity contribution in [2.45, 2.75) is 31.9 Å². The van der Waals surface area contributed by atoms with Crippen molar-refractivity contribution >= 4 is 11.6 Å². The Kier molecular flexibility index (Phi) is 7.08. The van der Waals surface area contributed by atoms with Gasteiger partial charge in [0.15, 0.2) is 0 Å². The van der Waals surface area contributed by atoms with Gasteiger partial charge in [-0.1, -0.05) is 54.6 Å². The van der Waals surface area contributed by atoms with Gasteiger partial charge in [0.1, 0.15) is 24.0 Å². The Morgan fingerprint density at radius 2 is 1.36 bits per heavy atom. The van der Waals surface area contributed by atoms with Gasteiger partial charge in [0, 0.05) is 5.69 Å². The minimum absolute atomic E-state index is 0.0371. The van der Waals surface area contributed by atoms with Gasteiger partial charge in [-0.15, -0.1) is 0 Å². The number of carbonyl (C=O) groups excluding carboxylic acids is 1. The summed E-state index contributed by atoms with van der Waals surface area (Å²) >= 11 is 0. The van der Waals surface area contributed by atoms with Crippen LogP contribution in [0.2, 0.25) is 0 Å². The molecule has 1 fully saturated rings. The first-order valence-electron chi connectivity index (χ1n) is 12.2. The van der Waals surface area contributed by atoms with E-state index in [0.29, 0.717) is 18.7 Å². The molecule has 5 rings (SSSR count). The molecule has 0 bridgehead atoms. The number of carbonyl (C=O) groups is 1. The Labute approximate surface area is 210 Å². The summed E-state index contributed by atoms with van der Waals surface area (Å²) in [6, 6.07) is 30.2. The molecular weight excluding hydrogens is 456 g/mol. The lowest BCUT2D eigenvalue weighted by Gasteiger charge is -2.47. The average Bonchev–Trinajstić information content (AvgIpc) is 2.91. The number of nitrogens with zero attached hydrogens (tertiary/aromatic N) is 1. The first-order chi connectivity index (χ1) is 17.6. The first kappa shape index (κ1) is 23.7. The molecule has 1 aliphatic rings. The maximum Gasteiger partial charge on any atom is 0.233 e. The second-order valence-corrected chi connectivity index (χ2v) is 9.10. The Morgan fingerprint density at radius 3 is 2.03 bits per heavy atom. The van der Waals surface area contributed by atoms with Gasteiger partial charge in [0.25, 0.3) is 0 Å². The predicted molar refractivity (Wildman–Crippen MR) is 137 cm³/mol. The minimum atomic E-state index is -0.334. The van der Waals surface area contributed by atoms with Crippen LogP contribution in [0, 0.1) is 17.6 Å². The molecule has 1 unspecified atom stereocenters. The van der Waals surface area contributed by atoms with Gasteiger partial charge in [-0.3, -0.25) is 4.79 Å². The van der Waals surface area contributed by atoms with E-state index in [1.165, 1.54) is 24.3 Å². The fraction of sp³-hybridized carbons (Fsp3) is 0.194. The smallest absolute Gasteiger partial charge is 0.233 e. The minimum Gasteiger partial charge on any atom is -0.489 e. The summed E-state index contributed by atoms with van der Waals surface area (Å²) in [6.07, 6.45) is 2.30. The lowest BCUT2D eigenvalue weighted by molar-refractivity contribution is -0.130. The summed E-state index contributed by atoms with van der Waals surface area (Å²) in [6.45, 7) is 0.482. The summed E-state index contributed by atoms with van der Waals surface area (Å²) in [5, 5.41) is 0. The summed E-state index contributed by atoms with van der Waals surface area (Å²) in [5.41, 5.74) is 3.84. The van der Waals surface area contributed by atoms with E-state index in [4.69, 9.17) is 4.74 Å². The highest BCUT2D eigenvalue weighted by molar-refractivity contribution is 6.03. The quantitative estimate of drug-likeness (QED) is 0.234. The lowest BCUT2D eigenvalue weighted by Crippen LogP contribution is -2.55. The normalized spacial score (nSPS) is 17.1. The standard InChI is InChI=1S/C31H27F2NO2/c32-25-13-9-22(10-14-25)7-4-8-29-30(34(31(29)35)27-17-15-26(33)16-18-27)24-11-19-28(20-12-24)36-21-23-5-2-1-3-6-23/h1-3,5-6,9-20,29-30H,4,7-8,21H2/t29?,30-/m1/s1. The second-order valence-electron chi connectivity index (χ2n) is 9.10. The van der Waals surface area contributed by atoms with Crippen molar-refractivity contribution in [3.8, 4) is 5.75 Å². The monoisotopic (exact) mass is 483 g/mol. The molecule has 2 atom stereocenters. The highest BCUT2D eigenvalue weighted by Crippen LogP contribution is 2.46. The molecule has 3 nitrogen and oxygen atoms in total. The number of β-lactam (4-membered cyclic amide) rings is 1. The SMILES string of the molecule is O=C1C(CCCc2ccc(F)cc2)[C@@H](c2ccc(OCc3ccccc3)cc2)N1c1ccc(F)cc1. The van der Waals surface area contributed by atoms with Crippen LogP contribution in [-0.2, 0) is 17.8 Å². The molecule has 0 aliphatic carbocycles. The molecule has 4 aromatic carbocycles. The van der Waals surface area contributed by atoms with Crippen LogP contribution in [0.15, 0.2) is 103 Å². The Balaban J connectivity index is 1.30. The molecule has 0 spiro atoms. The number of halogens is 2. The number of benzene rings is 4. The van der Waals surface area contributed by atoms with Gasteiger partial charge in [-0.05, 0) is 84.5 Å². The zero-order chi connectivity index (χ0) is 24.9. The van der Waals surface area contributed by atoms with E-state index in [9.17, 15) is 13.6 Å². The van der Waals surface area contributed by atoms with Gasteiger partial charge in [-0.2, -0.15) is 0 Å². The maximum atomic E-state index is 13.5. The molecule has 36 heavy (non-hydrogen) atoms. The molecule has 1 amide bonds. The van der Waals surface area contributed by atoms with Crippen molar-refractivity contribution in [2.24, 2.45) is 5.92 Å². The van der Waals surface area contributed by atoms with Crippen molar-refractivity contribution in [1.82, 2.24) is 0 Å². The number of hydrogen-bond donors (Lipinski definition) is 0. The Bertz CT molecular complexity index is 1290. The van der Waals surface area contributed by atoms with Crippen LogP contribution in [0.3, 0.4) is 0 Å². The van der Waals surface area contributed by atoms with Crippen LogP contribution in [-0.4, -0.2) is 5.91 Å². The van der Waals surface area contributed by atoms with E-state index in [-0.39, 0.29) is 29.5 Å². The van der Waals surface area contributed by atoms with Crippen molar-refractivity contribution in [2.75, 3.05) is 4.90 Å². The fourth-order valence-electron chi connectivity index (χ4n) is 4.78. The third-order valence-corrected chi connectivity index (χ3v) is 6.68. The zero-order valence-corrected chi connectivity index (χ0v) is 19.8. The van der Waals surface area contributed by atoms with E-state index < -0.39 is 0 Å². The van der Waals surface area contributed by atoms with Gasteiger partial charge < -0.3 is 9.64 Å². The molecule has 0 aromatic heterocycles. The van der Waals surface area contributed by atoms with Crippen molar-refractivity contribution in [3.63, 3.8) is 0 Å². The van der Waals surface area contributed by atoms with Crippen LogP contribution in [0.1, 0.15) is 35.6 Å². The zero-order valence-electron chi connectivity index (χ0n) is 19.8. The van der Waals surface area contributed by atoms with Crippen molar-refractivity contribution in [3.05, 3.63) is 131 Å². The van der Waals surface area contributed by atoms with E-state index in [1.807, 2.05) is 54.6 Å². The molecule has 0 saturated carbocycles. The molecule has 0 N–H and O–H groups in total. The molecule has 0 radical (unpaired) electrons. The average molecular weight is 484 g/mol. The van der Waals surface area contributed by atoms with Crippen LogP contribution < -0.4 is 9.64 Å². The number of rotatable bonds is 9. The molecule has 5 heteroatoms. The van der Waals surface area contributed by atoms with E-state index in [1.54, 1.807) is 29.2 Å². The van der Waals surface area contributed by atoms with Gasteiger partial charge in [0.05, 0.1) is 12.0 Å². The van der Waals surface area contributed by atoms with E-state index in [2.05, 4.69) is 0 Å². The maximum absolute atomic E-state index is 13.5. The van der Waals surface area contributed by atoms with Gasteiger partial charge in [0.2, 0.25) is 5.91 Å². The number of anilines is 1. The van der Waals surface area contributed by atoms with Gasteiger partial charge in [-0.25, -0.2) is 8.78 Å². The molecule has 1 aliphatic heterocycles. The first-order valence-corrected chi connectivity index (χ1v) is 12.2. The van der Waals surface area contributed by atoms with E-state index in [0.717, 1.165) is 35.3 Å². The molecular formula is C31H27F2NO2. The van der Waals surface area contributed by atoms with Crippen molar-refractivity contribution < 1.29 is 18.3 Å². The largest absolute Gasteiger partial charge is 0.489 e. The highest BCUT2D eigenvalue weighted by atomic mass is 19.1. The fourth-order valence-corrected chi connectivity index (χ4v) is 4.78. The van der Waals surface area contributed by atoms with Crippen LogP contribution >= 0.6 is 0 Å². The molecule has 1 heterocycles. The number of hydrogen-bond acceptors (Lipinski definition) is 2. The van der Waals surface area contributed by atoms with Crippen LogP contribution in [0.4, 0.5) is 14.5 Å². The lowest BCUT2D eigenvalue weighted by atomic mass is 9.78. The summed E-state index contributed by atoms with van der Waals surface area (Å²) in [4.78, 5) is 15.0. The molecule has 1 saturated heterocycles. The van der Waals surface area contributed by atoms with Gasteiger partial charge >= 0.3 is 0 Å². The predicted octanol–water partition coefficient (Wildman–Crippen LogP) is 7.27. The molecule has 182 valence electrons. The summed E-state index contributed by atoms with van der Waals surface area (Å²) < 4.78 is 32.6. The van der Waals surface area contributed by atoms with Crippen LogP contribution in [0.5, 0.6) is 5.75 Å². The summed E-state index contributed by atoms with van der Waals surface area (Å²) in [5.74, 6) is 0.0364. The third-order valence-electron chi connectivity index (χ3n) is 6.68. The third kappa shape index (κ3) is 5.30. The highest BCUT2D eigenvalue weighted by Gasteiger charge is 2.48. The summed E-state index contributed by atoms with van der Waals surface area (Å²) in [7, 11) is 0. The second kappa shape index (κ2) is 10.7. The van der Waals surface area contributed by atoms with Crippen molar-refractivity contribution in [1.29, 1.82) is 0 Å². The van der Waals surface area contributed by atoms with Crippen LogP contribution in [0.25, 0.3) is 0 Å². The topological polar surface area (TPSA) is 29.5 Å².